The fourth-order valence-electron chi connectivity index (χ4n) is 1.44. The Bertz CT molecular complexity index is 588. The fraction of sp³-hybridized carbons (Fsp3) is 0.0833. The first-order valence-electron chi connectivity index (χ1n) is 5.25. The van der Waals surface area contributed by atoms with Crippen LogP contribution in [0, 0.1) is 0 Å². The molecule has 0 radical (unpaired) electrons. The van der Waals surface area contributed by atoms with Gasteiger partial charge >= 0.3 is 0 Å². The van der Waals surface area contributed by atoms with Crippen LogP contribution in [0.4, 0.5) is 5.69 Å². The van der Waals surface area contributed by atoms with E-state index in [0.29, 0.717) is 16.4 Å². The summed E-state index contributed by atoms with van der Waals surface area (Å²) in [5, 5.41) is 2.74. The van der Waals surface area contributed by atoms with Gasteiger partial charge in [-0.3, -0.25) is 4.79 Å². The van der Waals surface area contributed by atoms with E-state index < -0.39 is 0 Å². The number of nitrogens with two attached hydrogens (primary N) is 1. The van der Waals surface area contributed by atoms with E-state index >= 15 is 0 Å². The minimum absolute atomic E-state index is 0.251. The number of aromatic nitrogens is 2. The molecule has 6 heteroatoms. The molecule has 0 atom stereocenters. The van der Waals surface area contributed by atoms with Gasteiger partial charge < -0.3 is 15.6 Å². The molecule has 0 aliphatic rings. The summed E-state index contributed by atoms with van der Waals surface area (Å²) in [7, 11) is 1.81. The van der Waals surface area contributed by atoms with Gasteiger partial charge in [-0.2, -0.15) is 0 Å². The van der Waals surface area contributed by atoms with Gasteiger partial charge in [0.05, 0.1) is 6.33 Å². The van der Waals surface area contributed by atoms with Crippen molar-refractivity contribution in [3.05, 3.63) is 48.0 Å². The zero-order chi connectivity index (χ0) is 13.1. The van der Waals surface area contributed by atoms with Gasteiger partial charge in [0, 0.05) is 24.5 Å². The third kappa shape index (κ3) is 2.72. The number of hydrogen-bond acceptors (Lipinski definition) is 3. The average molecular weight is 260 g/mol. The Morgan fingerprint density at radius 2 is 2.06 bits per heavy atom. The number of aryl methyl sites for hydroxylation is 1. The van der Waals surface area contributed by atoms with Crippen LogP contribution in [0.2, 0.25) is 0 Å². The molecule has 3 N–H and O–H groups in total. The van der Waals surface area contributed by atoms with E-state index in [-0.39, 0.29) is 5.91 Å². The number of nitrogens with one attached hydrogen (secondary N) is 1. The van der Waals surface area contributed by atoms with Crippen molar-refractivity contribution in [2.75, 3.05) is 5.32 Å². The topological polar surface area (TPSA) is 72.9 Å². The largest absolute Gasteiger partial charge is 0.389 e. The molecule has 1 heterocycles. The molecule has 0 saturated heterocycles. The average Bonchev–Trinajstić information content (AvgIpc) is 2.76. The molecule has 0 fully saturated rings. The quantitative estimate of drug-likeness (QED) is 0.816. The minimum Gasteiger partial charge on any atom is -0.389 e. The maximum Gasteiger partial charge on any atom is 0.275 e. The van der Waals surface area contributed by atoms with E-state index in [4.69, 9.17) is 18.0 Å². The second-order valence-corrected chi connectivity index (χ2v) is 4.26. The molecule has 5 nitrogen and oxygen atoms in total. The van der Waals surface area contributed by atoms with Crippen LogP contribution in [0.1, 0.15) is 16.1 Å². The highest BCUT2D eigenvalue weighted by molar-refractivity contribution is 7.80. The molecular formula is C12H12N4OS. The van der Waals surface area contributed by atoms with Gasteiger partial charge in [-0.05, 0) is 24.3 Å². The summed E-state index contributed by atoms with van der Waals surface area (Å²) in [5.41, 5.74) is 7.30. The highest BCUT2D eigenvalue weighted by Gasteiger charge is 2.08. The van der Waals surface area contributed by atoms with Gasteiger partial charge in [0.2, 0.25) is 0 Å². The molecule has 0 unspecified atom stereocenters. The lowest BCUT2D eigenvalue weighted by atomic mass is 10.2. The molecule has 1 amide bonds. The zero-order valence-electron chi connectivity index (χ0n) is 9.75. The van der Waals surface area contributed by atoms with Gasteiger partial charge in [0.25, 0.3) is 5.91 Å². The van der Waals surface area contributed by atoms with Crippen molar-refractivity contribution in [3.8, 4) is 0 Å². The molecule has 0 saturated carbocycles. The van der Waals surface area contributed by atoms with Gasteiger partial charge in [0.1, 0.15) is 10.7 Å². The number of rotatable bonds is 3. The number of imidazole rings is 1. The molecule has 0 aliphatic heterocycles. The monoisotopic (exact) mass is 260 g/mol. The van der Waals surface area contributed by atoms with Crippen LogP contribution in [0.25, 0.3) is 0 Å². The fourth-order valence-corrected chi connectivity index (χ4v) is 1.58. The highest BCUT2D eigenvalue weighted by Crippen LogP contribution is 2.10. The summed E-state index contributed by atoms with van der Waals surface area (Å²) in [6.07, 6.45) is 3.23. The summed E-state index contributed by atoms with van der Waals surface area (Å²) >= 11 is 4.85. The van der Waals surface area contributed by atoms with E-state index in [9.17, 15) is 4.79 Å². The molecule has 0 bridgehead atoms. The van der Waals surface area contributed by atoms with Crippen molar-refractivity contribution in [2.45, 2.75) is 0 Å². The molecule has 1 aromatic carbocycles. The first kappa shape index (κ1) is 12.3. The smallest absolute Gasteiger partial charge is 0.275 e. The third-order valence-electron chi connectivity index (χ3n) is 2.36. The lowest BCUT2D eigenvalue weighted by Crippen LogP contribution is -2.13. The number of benzene rings is 1. The van der Waals surface area contributed by atoms with Crippen molar-refractivity contribution < 1.29 is 4.79 Å². The van der Waals surface area contributed by atoms with E-state index in [2.05, 4.69) is 10.3 Å². The van der Waals surface area contributed by atoms with E-state index in [1.54, 1.807) is 48.4 Å². The number of nitrogens with zero attached hydrogens (tertiary/aromatic N) is 2. The highest BCUT2D eigenvalue weighted by atomic mass is 32.1. The first-order valence-corrected chi connectivity index (χ1v) is 5.66. The van der Waals surface area contributed by atoms with Crippen molar-refractivity contribution in [1.82, 2.24) is 9.55 Å². The van der Waals surface area contributed by atoms with Crippen LogP contribution in [-0.2, 0) is 7.05 Å². The second-order valence-electron chi connectivity index (χ2n) is 3.82. The second kappa shape index (κ2) is 4.97. The molecule has 0 spiro atoms. The molecule has 2 aromatic rings. The van der Waals surface area contributed by atoms with Crippen LogP contribution in [0.15, 0.2) is 36.8 Å². The number of amides is 1. The van der Waals surface area contributed by atoms with Crippen LogP contribution >= 0.6 is 12.2 Å². The molecule has 2 rings (SSSR count). The number of thiocarbonyl (C=S) groups is 1. The normalized spacial score (nSPS) is 10.1. The van der Waals surface area contributed by atoms with Crippen molar-refractivity contribution in [3.63, 3.8) is 0 Å². The Morgan fingerprint density at radius 1 is 1.39 bits per heavy atom. The van der Waals surface area contributed by atoms with Crippen LogP contribution in [-0.4, -0.2) is 20.4 Å². The maximum absolute atomic E-state index is 11.8. The number of carbonyl (C=O) groups excluding carboxylic acids is 1. The number of carbonyl (C=O) groups is 1. The Hall–Kier alpha value is -2.21. The Labute approximate surface area is 110 Å². The summed E-state index contributed by atoms with van der Waals surface area (Å²) in [4.78, 5) is 16.1. The minimum atomic E-state index is -0.251. The molecule has 18 heavy (non-hydrogen) atoms. The van der Waals surface area contributed by atoms with E-state index in [1.807, 2.05) is 0 Å². The lowest BCUT2D eigenvalue weighted by Gasteiger charge is -2.04. The standard InChI is InChI=1S/C12H12N4OS/c1-16-6-10(14-7-16)12(17)15-9-4-2-8(3-5-9)11(13)18/h2-7H,1H3,(H2,13,18)(H,15,17). The Kier molecular flexibility index (Phi) is 3.38. The van der Waals surface area contributed by atoms with Gasteiger partial charge in [0.15, 0.2) is 0 Å². The van der Waals surface area contributed by atoms with Crippen molar-refractivity contribution in [2.24, 2.45) is 12.8 Å². The molecular weight excluding hydrogens is 248 g/mol. The lowest BCUT2D eigenvalue weighted by molar-refractivity contribution is 0.102. The maximum atomic E-state index is 11.8. The summed E-state index contributed by atoms with van der Waals surface area (Å²) in [6.45, 7) is 0. The molecule has 1 aromatic heterocycles. The first-order chi connectivity index (χ1) is 8.56. The molecule has 92 valence electrons. The van der Waals surface area contributed by atoms with Crippen LogP contribution in [0.3, 0.4) is 0 Å². The predicted octanol–water partition coefficient (Wildman–Crippen LogP) is 1.31. The van der Waals surface area contributed by atoms with Gasteiger partial charge in [-0.15, -0.1) is 0 Å². The SMILES string of the molecule is Cn1cnc(C(=O)Nc2ccc(C(N)=S)cc2)c1. The van der Waals surface area contributed by atoms with Crippen LogP contribution in [0.5, 0.6) is 0 Å². The molecule has 0 aliphatic carbocycles. The number of hydrogen-bond donors (Lipinski definition) is 2. The van der Waals surface area contributed by atoms with Crippen LogP contribution < -0.4 is 11.1 Å². The summed E-state index contributed by atoms with van der Waals surface area (Å²) in [6, 6.07) is 7.01. The van der Waals surface area contributed by atoms with Crippen molar-refractivity contribution >= 4 is 28.8 Å². The number of anilines is 1. The van der Waals surface area contributed by atoms with Gasteiger partial charge in [-0.25, -0.2) is 4.98 Å². The Morgan fingerprint density at radius 3 is 2.56 bits per heavy atom. The van der Waals surface area contributed by atoms with Gasteiger partial charge in [-0.1, -0.05) is 12.2 Å². The van der Waals surface area contributed by atoms with E-state index in [1.165, 1.54) is 0 Å². The summed E-state index contributed by atoms with van der Waals surface area (Å²) in [5.74, 6) is -0.251. The predicted molar refractivity (Wildman–Crippen MR) is 73.5 cm³/mol. The Balaban J connectivity index is 2.10. The van der Waals surface area contributed by atoms with Crippen molar-refractivity contribution in [1.29, 1.82) is 0 Å². The summed E-state index contributed by atoms with van der Waals surface area (Å²) < 4.78 is 1.71. The third-order valence-corrected chi connectivity index (χ3v) is 2.60. The zero-order valence-corrected chi connectivity index (χ0v) is 10.6. The van der Waals surface area contributed by atoms with E-state index in [0.717, 1.165) is 5.56 Å².